The summed E-state index contributed by atoms with van der Waals surface area (Å²) in [7, 11) is 3.04. The largest absolute Gasteiger partial charge is 0.496 e. The van der Waals surface area contributed by atoms with Gasteiger partial charge in [-0.1, -0.05) is 17.7 Å². The predicted octanol–water partition coefficient (Wildman–Crippen LogP) is 3.92. The van der Waals surface area contributed by atoms with Crippen LogP contribution in [0.25, 0.3) is 0 Å². The molecular formula is C32H33ClFN3O7. The van der Waals surface area contributed by atoms with E-state index in [0.29, 0.717) is 42.4 Å². The fraction of sp³-hybridized carbons (Fsp3) is 0.344. The number of methoxy groups -OCH3 is 2. The van der Waals surface area contributed by atoms with Crippen LogP contribution in [-0.4, -0.2) is 68.7 Å². The van der Waals surface area contributed by atoms with Gasteiger partial charge in [-0.2, -0.15) is 0 Å². The molecule has 12 heteroatoms. The lowest BCUT2D eigenvalue weighted by atomic mass is 10.0. The molecule has 0 spiro atoms. The van der Waals surface area contributed by atoms with Crippen LogP contribution in [0.3, 0.4) is 0 Å². The third kappa shape index (κ3) is 7.34. The highest BCUT2D eigenvalue weighted by molar-refractivity contribution is 6.33. The third-order valence-corrected chi connectivity index (χ3v) is 7.91. The van der Waals surface area contributed by atoms with Crippen LogP contribution < -0.4 is 29.6 Å². The summed E-state index contributed by atoms with van der Waals surface area (Å²) in [6.07, 6.45) is 0.569. The molecule has 0 aliphatic carbocycles. The van der Waals surface area contributed by atoms with Gasteiger partial charge in [0.2, 0.25) is 5.91 Å². The van der Waals surface area contributed by atoms with Gasteiger partial charge in [0.15, 0.2) is 18.1 Å². The Bertz CT molecular complexity index is 1550. The maximum absolute atomic E-state index is 13.6. The second-order valence-electron chi connectivity index (χ2n) is 10.5. The van der Waals surface area contributed by atoms with Crippen LogP contribution in [0, 0.1) is 5.82 Å². The molecule has 3 heterocycles. The normalized spacial score (nSPS) is 19.1. The fourth-order valence-electron chi connectivity index (χ4n) is 5.27. The molecule has 44 heavy (non-hydrogen) atoms. The molecular weight excluding hydrogens is 593 g/mol. The Labute approximate surface area is 259 Å². The number of carbonyl (C=O) groups excluding carboxylic acids is 3. The van der Waals surface area contributed by atoms with E-state index in [-0.39, 0.29) is 48.5 Å². The van der Waals surface area contributed by atoms with Gasteiger partial charge in [-0.25, -0.2) is 4.39 Å². The summed E-state index contributed by atoms with van der Waals surface area (Å²) >= 11 is 6.18. The van der Waals surface area contributed by atoms with Crippen molar-refractivity contribution in [3.63, 3.8) is 0 Å². The summed E-state index contributed by atoms with van der Waals surface area (Å²) in [6.45, 7) is 0.364. The molecule has 0 aromatic heterocycles. The summed E-state index contributed by atoms with van der Waals surface area (Å²) in [5.74, 6) is 0.341. The van der Waals surface area contributed by atoms with E-state index < -0.39 is 23.9 Å². The number of nitrogens with one attached hydrogen (secondary N) is 2. The number of nitrogens with zero attached hydrogens (tertiary/aromatic N) is 1. The van der Waals surface area contributed by atoms with Crippen LogP contribution in [0.1, 0.15) is 34.3 Å². The molecule has 3 amide bonds. The summed E-state index contributed by atoms with van der Waals surface area (Å²) in [5, 5.41) is 5.89. The fourth-order valence-corrected chi connectivity index (χ4v) is 5.52. The van der Waals surface area contributed by atoms with Crippen molar-refractivity contribution in [3.8, 4) is 23.0 Å². The quantitative estimate of drug-likeness (QED) is 0.453. The van der Waals surface area contributed by atoms with E-state index >= 15 is 0 Å². The van der Waals surface area contributed by atoms with Gasteiger partial charge in [0, 0.05) is 44.1 Å². The second-order valence-corrected chi connectivity index (χ2v) is 10.9. The molecule has 0 radical (unpaired) electrons. The standard InChI is InChI=1S/C32H33ClFN3O7/c1-41-27-9-3-19-4-10-30(38)35-16-20-5-7-22(15-28(20)42-2)44-26-11-12-37(32(40)23-8-6-21(34)14-24(23)33)17-25(26)36-31(39)18-43-29(27)13-19/h3,5-9,13-15,25-26H,4,10-12,16-18H2,1-2H3,(H,35,38)(H,36,39)/t25-,26+/m1/s1. The number of carbonyl (C=O) groups is 3. The second kappa shape index (κ2) is 13.9. The van der Waals surface area contributed by atoms with Crippen molar-refractivity contribution in [1.29, 1.82) is 0 Å². The van der Waals surface area contributed by atoms with Crippen LogP contribution in [0.15, 0.2) is 54.6 Å². The number of hydrogen-bond acceptors (Lipinski definition) is 7. The van der Waals surface area contributed by atoms with Crippen molar-refractivity contribution in [1.82, 2.24) is 15.5 Å². The molecule has 0 unspecified atom stereocenters. The maximum atomic E-state index is 13.6. The number of fused-ring (bicyclic) bond motifs is 9. The number of halogens is 2. The van der Waals surface area contributed by atoms with E-state index in [1.807, 2.05) is 12.1 Å². The minimum absolute atomic E-state index is 0.00544. The third-order valence-electron chi connectivity index (χ3n) is 7.59. The van der Waals surface area contributed by atoms with Crippen molar-refractivity contribution in [3.05, 3.63) is 82.1 Å². The average Bonchev–Trinajstić information content (AvgIpc) is 3.02. The molecule has 1 fully saturated rings. The molecule has 232 valence electrons. The Balaban J connectivity index is 1.42. The number of piperidine rings is 1. The Kier molecular flexibility index (Phi) is 9.74. The number of amides is 3. The molecule has 3 aliphatic rings. The molecule has 6 rings (SSSR count). The minimum atomic E-state index is -0.622. The first-order valence-electron chi connectivity index (χ1n) is 14.2. The minimum Gasteiger partial charge on any atom is -0.496 e. The first-order chi connectivity index (χ1) is 21.2. The molecule has 10 nitrogen and oxygen atoms in total. The van der Waals surface area contributed by atoms with Crippen LogP contribution >= 0.6 is 11.6 Å². The summed E-state index contributed by atoms with van der Waals surface area (Å²) in [5.41, 5.74) is 1.77. The summed E-state index contributed by atoms with van der Waals surface area (Å²) in [4.78, 5) is 40.7. The molecule has 2 atom stereocenters. The van der Waals surface area contributed by atoms with Crippen molar-refractivity contribution in [2.45, 2.75) is 38.0 Å². The first-order valence-corrected chi connectivity index (χ1v) is 14.6. The van der Waals surface area contributed by atoms with E-state index in [2.05, 4.69) is 10.6 Å². The van der Waals surface area contributed by atoms with E-state index in [9.17, 15) is 18.8 Å². The predicted molar refractivity (Wildman–Crippen MR) is 160 cm³/mol. The number of aryl methyl sites for hydroxylation is 1. The number of hydrogen-bond donors (Lipinski definition) is 2. The van der Waals surface area contributed by atoms with Crippen LogP contribution in [-0.2, 0) is 22.6 Å². The highest BCUT2D eigenvalue weighted by atomic mass is 35.5. The zero-order valence-electron chi connectivity index (χ0n) is 24.4. The zero-order valence-corrected chi connectivity index (χ0v) is 25.1. The van der Waals surface area contributed by atoms with Crippen LogP contribution in [0.5, 0.6) is 23.0 Å². The van der Waals surface area contributed by atoms with Gasteiger partial charge >= 0.3 is 0 Å². The van der Waals surface area contributed by atoms with E-state index in [4.69, 9.17) is 30.5 Å². The molecule has 3 aromatic rings. The Morgan fingerprint density at radius 3 is 2.59 bits per heavy atom. The highest BCUT2D eigenvalue weighted by Gasteiger charge is 2.35. The summed E-state index contributed by atoms with van der Waals surface area (Å²) in [6, 6.07) is 13.6. The molecule has 0 saturated carbocycles. The monoisotopic (exact) mass is 625 g/mol. The van der Waals surface area contributed by atoms with Crippen molar-refractivity contribution < 1.29 is 37.7 Å². The van der Waals surface area contributed by atoms with Gasteiger partial charge in [-0.05, 0) is 54.4 Å². The average molecular weight is 626 g/mol. The number of benzene rings is 3. The van der Waals surface area contributed by atoms with Crippen molar-refractivity contribution in [2.75, 3.05) is 33.9 Å². The molecule has 3 aromatic carbocycles. The highest BCUT2D eigenvalue weighted by Crippen LogP contribution is 2.30. The Morgan fingerprint density at radius 1 is 1.00 bits per heavy atom. The first kappa shape index (κ1) is 30.9. The van der Waals surface area contributed by atoms with E-state index in [1.165, 1.54) is 26.4 Å². The van der Waals surface area contributed by atoms with Gasteiger partial charge in [-0.15, -0.1) is 0 Å². The molecule has 4 bridgehead atoms. The van der Waals surface area contributed by atoms with Crippen LogP contribution in [0.4, 0.5) is 4.39 Å². The topological polar surface area (TPSA) is 115 Å². The molecule has 1 saturated heterocycles. The number of likely N-dealkylation sites (tertiary alicyclic amines) is 1. The van der Waals surface area contributed by atoms with Gasteiger partial charge in [0.1, 0.15) is 23.4 Å². The smallest absolute Gasteiger partial charge is 0.258 e. The number of rotatable bonds is 3. The van der Waals surface area contributed by atoms with Gasteiger partial charge in [0.25, 0.3) is 11.8 Å². The molecule has 3 aliphatic heterocycles. The lowest BCUT2D eigenvalue weighted by molar-refractivity contribution is -0.125. The van der Waals surface area contributed by atoms with Gasteiger partial charge in [0.05, 0.1) is 30.8 Å². The van der Waals surface area contributed by atoms with Gasteiger partial charge < -0.3 is 34.5 Å². The van der Waals surface area contributed by atoms with Crippen LogP contribution in [0.2, 0.25) is 5.02 Å². The lowest BCUT2D eigenvalue weighted by Crippen LogP contribution is -2.58. The van der Waals surface area contributed by atoms with E-state index in [1.54, 1.807) is 29.2 Å². The Hall–Kier alpha value is -4.51. The SMILES string of the molecule is COc1cc2ccc1CNC(=O)CCc1ccc(OC)c(c1)OCC(=O)N[C@@H]1CN(C(=O)c3ccc(F)cc3Cl)CC[C@@H]1O2. The number of ether oxygens (including phenoxy) is 4. The maximum Gasteiger partial charge on any atom is 0.258 e. The summed E-state index contributed by atoms with van der Waals surface area (Å²) < 4.78 is 36.8. The zero-order chi connectivity index (χ0) is 31.2. The van der Waals surface area contributed by atoms with Crippen molar-refractivity contribution >= 4 is 29.3 Å². The van der Waals surface area contributed by atoms with Crippen molar-refractivity contribution in [2.24, 2.45) is 0 Å². The Morgan fingerprint density at radius 2 is 1.82 bits per heavy atom. The van der Waals surface area contributed by atoms with E-state index in [0.717, 1.165) is 17.2 Å². The molecule has 2 N–H and O–H groups in total. The lowest BCUT2D eigenvalue weighted by Gasteiger charge is -2.39. The van der Waals surface area contributed by atoms with Gasteiger partial charge in [-0.3, -0.25) is 14.4 Å².